The molecule has 1 aliphatic rings. The van der Waals surface area contributed by atoms with Crippen LogP contribution in [0, 0.1) is 0 Å². The maximum absolute atomic E-state index is 5.44. The molecule has 0 bridgehead atoms. The van der Waals surface area contributed by atoms with Crippen molar-refractivity contribution in [3.05, 3.63) is 78.2 Å². The van der Waals surface area contributed by atoms with Crippen LogP contribution in [0.15, 0.2) is 67.0 Å². The number of nitrogens with zero attached hydrogens (tertiary/aromatic N) is 6. The number of hydrogen-bond donors (Lipinski definition) is 0. The Morgan fingerprint density at radius 3 is 2.71 bits per heavy atom. The summed E-state index contributed by atoms with van der Waals surface area (Å²) in [5.74, 6) is 0.695. The minimum atomic E-state index is 0.177. The average Bonchev–Trinajstić information content (AvgIpc) is 3.24. The van der Waals surface area contributed by atoms with E-state index in [1.54, 1.807) is 13.3 Å². The van der Waals surface area contributed by atoms with Crippen LogP contribution < -0.4 is 4.74 Å². The van der Waals surface area contributed by atoms with E-state index in [1.165, 1.54) is 5.56 Å². The van der Waals surface area contributed by atoms with Crippen LogP contribution >= 0.6 is 0 Å². The topological polar surface area (TPSA) is 58.8 Å². The molecule has 0 amide bonds. The van der Waals surface area contributed by atoms with Crippen LogP contribution in [0.1, 0.15) is 17.3 Å². The lowest BCUT2D eigenvalue weighted by molar-refractivity contribution is 0.0882. The summed E-state index contributed by atoms with van der Waals surface area (Å²) in [5, 5.41) is 9.03. The molecular weight excluding hydrogens is 388 g/mol. The molecule has 5 rings (SSSR count). The van der Waals surface area contributed by atoms with Gasteiger partial charge in [-0.15, -0.1) is 5.10 Å². The van der Waals surface area contributed by atoms with Gasteiger partial charge in [-0.1, -0.05) is 47.7 Å². The maximum atomic E-state index is 5.44. The summed E-state index contributed by atoms with van der Waals surface area (Å²) in [4.78, 5) is 9.14. The van der Waals surface area contributed by atoms with Crippen molar-refractivity contribution in [2.75, 3.05) is 33.8 Å². The van der Waals surface area contributed by atoms with Gasteiger partial charge in [0.15, 0.2) is 0 Å². The van der Waals surface area contributed by atoms with E-state index < -0.39 is 0 Å². The van der Waals surface area contributed by atoms with Crippen molar-refractivity contribution >= 4 is 5.52 Å². The van der Waals surface area contributed by atoms with Gasteiger partial charge in [-0.05, 0) is 24.7 Å². The van der Waals surface area contributed by atoms with Crippen molar-refractivity contribution in [2.24, 2.45) is 0 Å². The Balaban J connectivity index is 1.40. The molecule has 0 spiro atoms. The third-order valence-corrected chi connectivity index (χ3v) is 6.03. The van der Waals surface area contributed by atoms with E-state index in [0.29, 0.717) is 5.88 Å². The van der Waals surface area contributed by atoms with Crippen LogP contribution in [-0.4, -0.2) is 63.4 Å². The van der Waals surface area contributed by atoms with Crippen LogP contribution in [0.25, 0.3) is 16.6 Å². The Hall–Kier alpha value is -3.29. The zero-order valence-electron chi connectivity index (χ0n) is 17.8. The van der Waals surface area contributed by atoms with Crippen molar-refractivity contribution in [3.8, 4) is 17.0 Å². The molecule has 0 N–H and O–H groups in total. The van der Waals surface area contributed by atoms with Gasteiger partial charge in [-0.2, -0.15) is 0 Å². The molecule has 1 fully saturated rings. The van der Waals surface area contributed by atoms with Crippen LogP contribution in [-0.2, 0) is 6.54 Å². The van der Waals surface area contributed by atoms with Crippen LogP contribution in [0.5, 0.6) is 5.88 Å². The van der Waals surface area contributed by atoms with Crippen molar-refractivity contribution in [2.45, 2.75) is 12.6 Å². The fourth-order valence-corrected chi connectivity index (χ4v) is 4.29. The number of likely N-dealkylation sites (N-methyl/N-ethyl adjacent to an activating group) is 1. The van der Waals surface area contributed by atoms with Gasteiger partial charge in [0.2, 0.25) is 5.88 Å². The van der Waals surface area contributed by atoms with E-state index in [-0.39, 0.29) is 6.04 Å². The summed E-state index contributed by atoms with van der Waals surface area (Å²) in [6.07, 6.45) is 3.82. The lowest BCUT2D eigenvalue weighted by Gasteiger charge is -2.38. The second kappa shape index (κ2) is 8.45. The van der Waals surface area contributed by atoms with Crippen LogP contribution in [0.3, 0.4) is 0 Å². The molecule has 1 atom stereocenters. The molecule has 31 heavy (non-hydrogen) atoms. The maximum Gasteiger partial charge on any atom is 0.217 e. The largest absolute Gasteiger partial charge is 0.481 e. The number of methoxy groups -OCH3 is 1. The Kier molecular flexibility index (Phi) is 5.36. The summed E-state index contributed by atoms with van der Waals surface area (Å²) >= 11 is 0. The van der Waals surface area contributed by atoms with Gasteiger partial charge in [0, 0.05) is 49.7 Å². The zero-order valence-corrected chi connectivity index (χ0v) is 17.8. The Morgan fingerprint density at radius 2 is 1.87 bits per heavy atom. The highest BCUT2D eigenvalue weighted by Gasteiger charge is 2.29. The fraction of sp³-hybridized carbons (Fsp3) is 0.292. The van der Waals surface area contributed by atoms with E-state index in [0.717, 1.165) is 48.5 Å². The van der Waals surface area contributed by atoms with Crippen molar-refractivity contribution in [1.82, 2.24) is 29.6 Å². The van der Waals surface area contributed by atoms with E-state index in [2.05, 4.69) is 80.8 Å². The third-order valence-electron chi connectivity index (χ3n) is 6.03. The van der Waals surface area contributed by atoms with E-state index in [4.69, 9.17) is 4.74 Å². The number of piperazine rings is 1. The van der Waals surface area contributed by atoms with Gasteiger partial charge >= 0.3 is 0 Å². The van der Waals surface area contributed by atoms with Gasteiger partial charge in [-0.25, -0.2) is 9.50 Å². The molecule has 158 valence electrons. The van der Waals surface area contributed by atoms with Gasteiger partial charge in [0.05, 0.1) is 18.7 Å². The predicted molar refractivity (Wildman–Crippen MR) is 120 cm³/mol. The molecule has 7 nitrogen and oxygen atoms in total. The summed E-state index contributed by atoms with van der Waals surface area (Å²) < 4.78 is 7.34. The molecule has 1 saturated heterocycles. The predicted octanol–water partition coefficient (Wildman–Crippen LogP) is 3.29. The first-order valence-electron chi connectivity index (χ1n) is 10.5. The minimum Gasteiger partial charge on any atom is -0.481 e. The molecular formula is C24H26N6O. The third kappa shape index (κ3) is 3.89. The van der Waals surface area contributed by atoms with Crippen molar-refractivity contribution < 1.29 is 4.74 Å². The molecule has 1 aliphatic heterocycles. The molecule has 4 aromatic rings. The summed E-state index contributed by atoms with van der Waals surface area (Å²) in [5.41, 5.74) is 5.48. The SMILES string of the molecule is COc1ncccc1CN1CCN(C)[C@@H](c2nnn3cc(-c4ccccc4)ccc23)C1. The quantitative estimate of drug-likeness (QED) is 0.500. The number of ether oxygens (including phenoxy) is 1. The molecule has 1 aromatic carbocycles. The first-order chi connectivity index (χ1) is 15.2. The molecule has 7 heteroatoms. The Bertz CT molecular complexity index is 1180. The highest BCUT2D eigenvalue weighted by atomic mass is 16.5. The first-order valence-corrected chi connectivity index (χ1v) is 10.5. The zero-order chi connectivity index (χ0) is 21.2. The Labute approximate surface area is 181 Å². The average molecular weight is 415 g/mol. The highest BCUT2D eigenvalue weighted by molar-refractivity contribution is 5.66. The smallest absolute Gasteiger partial charge is 0.217 e. The highest BCUT2D eigenvalue weighted by Crippen LogP contribution is 2.29. The summed E-state index contributed by atoms with van der Waals surface area (Å²) in [7, 11) is 3.83. The number of hydrogen-bond acceptors (Lipinski definition) is 6. The van der Waals surface area contributed by atoms with Crippen LogP contribution in [0.2, 0.25) is 0 Å². The van der Waals surface area contributed by atoms with E-state index in [9.17, 15) is 0 Å². The van der Waals surface area contributed by atoms with Gasteiger partial charge < -0.3 is 4.74 Å². The lowest BCUT2D eigenvalue weighted by Crippen LogP contribution is -2.46. The number of aromatic nitrogens is 4. The van der Waals surface area contributed by atoms with Gasteiger partial charge in [0.1, 0.15) is 5.69 Å². The fourth-order valence-electron chi connectivity index (χ4n) is 4.29. The summed E-state index contributed by atoms with van der Waals surface area (Å²) in [6, 6.07) is 18.9. The molecule has 4 heterocycles. The summed E-state index contributed by atoms with van der Waals surface area (Å²) in [6.45, 7) is 3.64. The van der Waals surface area contributed by atoms with Crippen LogP contribution in [0.4, 0.5) is 0 Å². The van der Waals surface area contributed by atoms with Gasteiger partial charge in [-0.3, -0.25) is 9.80 Å². The second-order valence-corrected chi connectivity index (χ2v) is 7.99. The van der Waals surface area contributed by atoms with E-state index in [1.807, 2.05) is 16.6 Å². The normalized spacial score (nSPS) is 17.8. The number of rotatable bonds is 5. The standard InChI is InChI=1S/C24H26N6O/c1-28-13-14-29(15-20-9-6-12-25-24(20)31-2)17-22(28)23-21-11-10-19(16-30(21)27-26-23)18-7-4-3-5-8-18/h3-12,16,22H,13-15,17H2,1-2H3/t22-/m1/s1. The monoisotopic (exact) mass is 414 g/mol. The number of benzene rings is 1. The number of fused-ring (bicyclic) bond motifs is 1. The molecule has 0 radical (unpaired) electrons. The van der Waals surface area contributed by atoms with E-state index >= 15 is 0 Å². The van der Waals surface area contributed by atoms with Gasteiger partial charge in [0.25, 0.3) is 0 Å². The molecule has 3 aromatic heterocycles. The second-order valence-electron chi connectivity index (χ2n) is 7.99. The lowest BCUT2D eigenvalue weighted by atomic mass is 10.1. The van der Waals surface area contributed by atoms with Crippen molar-refractivity contribution in [3.63, 3.8) is 0 Å². The first kappa shape index (κ1) is 19.7. The number of pyridine rings is 2. The Morgan fingerprint density at radius 1 is 1.00 bits per heavy atom. The molecule has 0 aliphatic carbocycles. The minimum absolute atomic E-state index is 0.177. The molecule has 0 unspecified atom stereocenters. The molecule has 0 saturated carbocycles. The van der Waals surface area contributed by atoms with Crippen molar-refractivity contribution in [1.29, 1.82) is 0 Å².